The molecule has 0 radical (unpaired) electrons. The number of ether oxygens (including phenoxy) is 2. The fraction of sp³-hybridized carbons (Fsp3) is 0.348. The van der Waals surface area contributed by atoms with E-state index in [0.717, 1.165) is 61.7 Å². The third-order valence-electron chi connectivity index (χ3n) is 5.74. The molecule has 0 N–H and O–H groups in total. The van der Waals surface area contributed by atoms with E-state index < -0.39 is 0 Å². The number of benzene rings is 2. The van der Waals surface area contributed by atoms with Crippen LogP contribution in [0.3, 0.4) is 0 Å². The Morgan fingerprint density at radius 3 is 2.53 bits per heavy atom. The van der Waals surface area contributed by atoms with Gasteiger partial charge in [-0.3, -0.25) is 9.80 Å². The standard InChI is InChI=1S/C23H23ClN2O4/c24-18-4-1-16(2-5-18)19-13-17-3-6-21-20(22(17)30-23(19)27)14-26(15-29-21)8-7-25-9-11-28-12-10-25/h1-6,13H,7-12,14-15H2. The summed E-state index contributed by atoms with van der Waals surface area (Å²) in [6.45, 7) is 6.62. The Morgan fingerprint density at radius 2 is 1.73 bits per heavy atom. The quantitative estimate of drug-likeness (QED) is 0.594. The number of rotatable bonds is 4. The van der Waals surface area contributed by atoms with Crippen LogP contribution >= 0.6 is 11.6 Å². The van der Waals surface area contributed by atoms with Crippen LogP contribution in [0.1, 0.15) is 5.56 Å². The van der Waals surface area contributed by atoms with E-state index in [9.17, 15) is 4.79 Å². The molecule has 0 atom stereocenters. The smallest absolute Gasteiger partial charge is 0.344 e. The maximum Gasteiger partial charge on any atom is 0.344 e. The van der Waals surface area contributed by atoms with Crippen molar-refractivity contribution in [1.82, 2.24) is 9.80 Å². The van der Waals surface area contributed by atoms with Crippen molar-refractivity contribution in [3.63, 3.8) is 0 Å². The Labute approximate surface area is 179 Å². The molecule has 2 aliphatic heterocycles. The van der Waals surface area contributed by atoms with E-state index in [4.69, 9.17) is 25.5 Å². The second-order valence-electron chi connectivity index (χ2n) is 7.70. The predicted molar refractivity (Wildman–Crippen MR) is 116 cm³/mol. The average Bonchev–Trinajstić information content (AvgIpc) is 2.78. The summed E-state index contributed by atoms with van der Waals surface area (Å²) in [5, 5.41) is 1.52. The van der Waals surface area contributed by atoms with E-state index in [1.165, 1.54) is 0 Å². The van der Waals surface area contributed by atoms with E-state index in [1.54, 1.807) is 12.1 Å². The van der Waals surface area contributed by atoms with Gasteiger partial charge in [-0.1, -0.05) is 23.7 Å². The predicted octanol–water partition coefficient (Wildman–Crippen LogP) is 3.60. The minimum absolute atomic E-state index is 0.358. The van der Waals surface area contributed by atoms with Gasteiger partial charge in [-0.25, -0.2) is 4.79 Å². The highest BCUT2D eigenvalue weighted by Gasteiger charge is 2.23. The van der Waals surface area contributed by atoms with Crippen molar-refractivity contribution in [2.45, 2.75) is 6.54 Å². The van der Waals surface area contributed by atoms with Crippen LogP contribution in [0.15, 0.2) is 51.7 Å². The maximum atomic E-state index is 12.7. The molecule has 0 spiro atoms. The van der Waals surface area contributed by atoms with Gasteiger partial charge in [-0.15, -0.1) is 0 Å². The molecule has 0 amide bonds. The summed E-state index contributed by atoms with van der Waals surface area (Å²) < 4.78 is 17.2. The third kappa shape index (κ3) is 3.96. The Balaban J connectivity index is 1.41. The second-order valence-corrected chi connectivity index (χ2v) is 8.13. The molecule has 1 saturated heterocycles. The normalized spacial score (nSPS) is 17.6. The fourth-order valence-electron chi connectivity index (χ4n) is 4.02. The van der Waals surface area contributed by atoms with Crippen LogP contribution in [-0.2, 0) is 11.3 Å². The molecule has 30 heavy (non-hydrogen) atoms. The molecule has 1 fully saturated rings. The fourth-order valence-corrected chi connectivity index (χ4v) is 4.15. The molecule has 6 nitrogen and oxygen atoms in total. The Hall–Kier alpha value is -2.38. The molecule has 0 aliphatic carbocycles. The lowest BCUT2D eigenvalue weighted by atomic mass is 10.0. The van der Waals surface area contributed by atoms with Crippen molar-refractivity contribution < 1.29 is 13.9 Å². The van der Waals surface area contributed by atoms with Crippen molar-refractivity contribution >= 4 is 22.6 Å². The molecule has 0 saturated carbocycles. The SMILES string of the molecule is O=c1oc2c3c(ccc2cc1-c1ccc(Cl)cc1)OCN(CCN1CCOCC1)C3. The number of fused-ring (bicyclic) bond motifs is 3. The molecule has 0 bridgehead atoms. The Bertz CT molecular complexity index is 1110. The second kappa shape index (κ2) is 8.40. The van der Waals surface area contributed by atoms with Gasteiger partial charge in [0.1, 0.15) is 18.1 Å². The molecule has 0 unspecified atom stereocenters. The third-order valence-corrected chi connectivity index (χ3v) is 5.99. The van der Waals surface area contributed by atoms with Gasteiger partial charge < -0.3 is 13.9 Å². The Kier molecular flexibility index (Phi) is 5.48. The topological polar surface area (TPSA) is 55.2 Å². The van der Waals surface area contributed by atoms with Crippen LogP contribution in [0.2, 0.25) is 5.02 Å². The van der Waals surface area contributed by atoms with Crippen LogP contribution < -0.4 is 10.4 Å². The molecule has 5 rings (SSSR count). The zero-order valence-corrected chi connectivity index (χ0v) is 17.4. The lowest BCUT2D eigenvalue weighted by Crippen LogP contribution is -2.43. The van der Waals surface area contributed by atoms with Crippen molar-refractivity contribution in [3.8, 4) is 16.9 Å². The molecule has 156 valence electrons. The first kappa shape index (κ1) is 19.6. The molecule has 3 heterocycles. The maximum absolute atomic E-state index is 12.7. The molecule has 1 aromatic heterocycles. The van der Waals surface area contributed by atoms with Gasteiger partial charge in [0, 0.05) is 43.1 Å². The number of halogens is 1. The van der Waals surface area contributed by atoms with E-state index in [2.05, 4.69) is 9.80 Å². The minimum Gasteiger partial charge on any atom is -0.478 e. The lowest BCUT2D eigenvalue weighted by molar-refractivity contribution is 0.0241. The van der Waals surface area contributed by atoms with E-state index in [0.29, 0.717) is 29.4 Å². The first-order chi connectivity index (χ1) is 14.7. The van der Waals surface area contributed by atoms with E-state index >= 15 is 0 Å². The zero-order valence-electron chi connectivity index (χ0n) is 16.6. The summed E-state index contributed by atoms with van der Waals surface area (Å²) in [5.74, 6) is 0.785. The zero-order chi connectivity index (χ0) is 20.5. The van der Waals surface area contributed by atoms with Crippen LogP contribution in [0.5, 0.6) is 5.75 Å². The van der Waals surface area contributed by atoms with Gasteiger partial charge in [-0.05, 0) is 35.9 Å². The monoisotopic (exact) mass is 426 g/mol. The van der Waals surface area contributed by atoms with Crippen molar-refractivity contribution in [3.05, 3.63) is 63.5 Å². The molecular weight excluding hydrogens is 404 g/mol. The Morgan fingerprint density at radius 1 is 0.967 bits per heavy atom. The molecule has 7 heteroatoms. The van der Waals surface area contributed by atoms with Gasteiger partial charge in [0.25, 0.3) is 0 Å². The molecule has 3 aromatic rings. The summed E-state index contributed by atoms with van der Waals surface area (Å²) in [6.07, 6.45) is 0. The number of morpholine rings is 1. The van der Waals surface area contributed by atoms with Gasteiger partial charge in [0.15, 0.2) is 0 Å². The van der Waals surface area contributed by atoms with Crippen molar-refractivity contribution in [2.24, 2.45) is 0 Å². The summed E-state index contributed by atoms with van der Waals surface area (Å²) in [6, 6.07) is 13.0. The number of nitrogens with zero attached hydrogens (tertiary/aromatic N) is 2. The van der Waals surface area contributed by atoms with Gasteiger partial charge in [0.05, 0.1) is 24.3 Å². The van der Waals surface area contributed by atoms with Crippen LogP contribution in [0.4, 0.5) is 0 Å². The van der Waals surface area contributed by atoms with Gasteiger partial charge in [-0.2, -0.15) is 0 Å². The number of hydrogen-bond donors (Lipinski definition) is 0. The summed E-state index contributed by atoms with van der Waals surface area (Å²) in [4.78, 5) is 17.4. The van der Waals surface area contributed by atoms with Gasteiger partial charge in [0.2, 0.25) is 0 Å². The van der Waals surface area contributed by atoms with Crippen molar-refractivity contribution in [2.75, 3.05) is 46.1 Å². The van der Waals surface area contributed by atoms with Crippen molar-refractivity contribution in [1.29, 1.82) is 0 Å². The van der Waals surface area contributed by atoms with Gasteiger partial charge >= 0.3 is 5.63 Å². The highest BCUT2D eigenvalue weighted by molar-refractivity contribution is 6.30. The van der Waals surface area contributed by atoms with Crippen LogP contribution in [0.25, 0.3) is 22.1 Å². The highest BCUT2D eigenvalue weighted by Crippen LogP contribution is 2.33. The first-order valence-corrected chi connectivity index (χ1v) is 10.6. The van der Waals surface area contributed by atoms with E-state index in [-0.39, 0.29) is 5.63 Å². The first-order valence-electron chi connectivity index (χ1n) is 10.2. The molecular formula is C23H23ClN2O4. The summed E-state index contributed by atoms with van der Waals surface area (Å²) in [5.41, 5.74) is 2.49. The van der Waals surface area contributed by atoms with Crippen LogP contribution in [-0.4, -0.2) is 55.9 Å². The molecule has 2 aromatic carbocycles. The number of hydrogen-bond acceptors (Lipinski definition) is 6. The highest BCUT2D eigenvalue weighted by atomic mass is 35.5. The summed E-state index contributed by atoms with van der Waals surface area (Å²) >= 11 is 5.97. The average molecular weight is 427 g/mol. The minimum atomic E-state index is -0.358. The van der Waals surface area contributed by atoms with Crippen LogP contribution in [0, 0.1) is 0 Å². The largest absolute Gasteiger partial charge is 0.478 e. The molecule has 2 aliphatic rings. The lowest BCUT2D eigenvalue weighted by Gasteiger charge is -2.32. The summed E-state index contributed by atoms with van der Waals surface area (Å²) in [7, 11) is 0. The van der Waals surface area contributed by atoms with E-state index in [1.807, 2.05) is 30.3 Å².